The van der Waals surface area contributed by atoms with Crippen molar-refractivity contribution in [1.82, 2.24) is 14.8 Å². The summed E-state index contributed by atoms with van der Waals surface area (Å²) in [7, 11) is 0. The lowest BCUT2D eigenvalue weighted by atomic mass is 10.1. The van der Waals surface area contributed by atoms with Crippen molar-refractivity contribution in [1.29, 1.82) is 0 Å². The number of carbonyl (C=O) groups is 3. The number of fused-ring (bicyclic) bond motifs is 1. The van der Waals surface area contributed by atoms with Crippen LogP contribution in [-0.2, 0) is 9.53 Å². The Hall–Kier alpha value is -3.59. The first kappa shape index (κ1) is 22.6. The molecule has 1 aliphatic heterocycles. The van der Waals surface area contributed by atoms with Crippen LogP contribution >= 0.6 is 0 Å². The van der Waals surface area contributed by atoms with Crippen LogP contribution in [0.2, 0.25) is 0 Å². The van der Waals surface area contributed by atoms with Crippen LogP contribution in [0.15, 0.2) is 36.7 Å². The number of aromatic nitrogens is 3. The Bertz CT molecular complexity index is 1180. The summed E-state index contributed by atoms with van der Waals surface area (Å²) < 4.78 is 7.57. The molecule has 33 heavy (non-hydrogen) atoms. The fourth-order valence-corrected chi connectivity index (χ4v) is 3.88. The van der Waals surface area contributed by atoms with Gasteiger partial charge in [-0.15, -0.1) is 0 Å². The third kappa shape index (κ3) is 5.25. The summed E-state index contributed by atoms with van der Waals surface area (Å²) in [4.78, 5) is 40.5. The number of nitrogens with zero attached hydrogens (tertiary/aromatic N) is 3. The minimum absolute atomic E-state index is 0.129. The molecule has 1 unspecified atom stereocenters. The molecule has 1 fully saturated rings. The molecule has 2 N–H and O–H groups in total. The molecule has 1 saturated heterocycles. The first-order valence-electron chi connectivity index (χ1n) is 11.1. The van der Waals surface area contributed by atoms with E-state index in [1.54, 1.807) is 22.9 Å². The van der Waals surface area contributed by atoms with Crippen molar-refractivity contribution in [3.05, 3.63) is 47.9 Å². The molecule has 172 valence electrons. The van der Waals surface area contributed by atoms with Crippen molar-refractivity contribution in [3.8, 4) is 0 Å². The SMILES string of the molecule is CC(C)CC(=O)Nc1cncc(C(=O)Nc2ccc3c(c2)c(C=O)nn3C2CCCCO2)c1. The minimum atomic E-state index is -0.377. The number of aldehydes is 1. The van der Waals surface area contributed by atoms with E-state index in [-0.39, 0.29) is 24.0 Å². The van der Waals surface area contributed by atoms with Crippen molar-refractivity contribution in [2.75, 3.05) is 17.2 Å². The molecule has 0 radical (unpaired) electrons. The van der Waals surface area contributed by atoms with Gasteiger partial charge in [-0.25, -0.2) is 4.68 Å². The fraction of sp³-hybridized carbons (Fsp3) is 0.375. The van der Waals surface area contributed by atoms with E-state index in [1.807, 2.05) is 19.9 Å². The second kappa shape index (κ2) is 9.91. The van der Waals surface area contributed by atoms with Gasteiger partial charge in [0, 0.05) is 30.3 Å². The number of carbonyl (C=O) groups excluding carboxylic acids is 3. The van der Waals surface area contributed by atoms with Crippen LogP contribution in [0, 0.1) is 5.92 Å². The molecule has 3 heterocycles. The minimum Gasteiger partial charge on any atom is -0.356 e. The highest BCUT2D eigenvalue weighted by Crippen LogP contribution is 2.29. The lowest BCUT2D eigenvalue weighted by Gasteiger charge is -2.23. The second-order valence-corrected chi connectivity index (χ2v) is 8.56. The van der Waals surface area contributed by atoms with E-state index >= 15 is 0 Å². The zero-order valence-corrected chi connectivity index (χ0v) is 18.7. The Labute approximate surface area is 191 Å². The summed E-state index contributed by atoms with van der Waals surface area (Å²) >= 11 is 0. The number of rotatable bonds is 7. The molecule has 9 heteroatoms. The molecule has 2 aromatic heterocycles. The number of hydrogen-bond acceptors (Lipinski definition) is 6. The van der Waals surface area contributed by atoms with Crippen LogP contribution in [-0.4, -0.2) is 39.5 Å². The van der Waals surface area contributed by atoms with Crippen LogP contribution < -0.4 is 10.6 Å². The molecule has 0 bridgehead atoms. The maximum atomic E-state index is 12.8. The van der Waals surface area contributed by atoms with Gasteiger partial charge in [-0.2, -0.15) is 5.10 Å². The van der Waals surface area contributed by atoms with Crippen LogP contribution in [0.4, 0.5) is 11.4 Å². The number of nitrogens with one attached hydrogen (secondary N) is 2. The van der Waals surface area contributed by atoms with Gasteiger partial charge >= 0.3 is 0 Å². The number of anilines is 2. The van der Waals surface area contributed by atoms with Crippen molar-refractivity contribution in [2.24, 2.45) is 5.92 Å². The molecule has 4 rings (SSSR count). The molecule has 1 atom stereocenters. The van der Waals surface area contributed by atoms with Crippen LogP contribution in [0.1, 0.15) is 66.6 Å². The third-order valence-electron chi connectivity index (χ3n) is 5.41. The lowest BCUT2D eigenvalue weighted by molar-refractivity contribution is -0.116. The van der Waals surface area contributed by atoms with Gasteiger partial charge in [-0.05, 0) is 49.4 Å². The van der Waals surface area contributed by atoms with Gasteiger partial charge in [-0.3, -0.25) is 19.4 Å². The Morgan fingerprint density at radius 3 is 2.76 bits per heavy atom. The van der Waals surface area contributed by atoms with Crippen molar-refractivity contribution in [2.45, 2.75) is 45.8 Å². The maximum absolute atomic E-state index is 12.8. The van der Waals surface area contributed by atoms with Crippen LogP contribution in [0.5, 0.6) is 0 Å². The van der Waals surface area contributed by atoms with Gasteiger partial charge in [0.2, 0.25) is 5.91 Å². The Kier molecular flexibility index (Phi) is 6.79. The molecule has 0 spiro atoms. The fourth-order valence-electron chi connectivity index (χ4n) is 3.88. The van der Waals surface area contributed by atoms with Gasteiger partial charge in [0.15, 0.2) is 12.5 Å². The molecule has 9 nitrogen and oxygen atoms in total. The van der Waals surface area contributed by atoms with E-state index in [0.717, 1.165) is 24.8 Å². The van der Waals surface area contributed by atoms with Gasteiger partial charge in [-0.1, -0.05) is 13.8 Å². The smallest absolute Gasteiger partial charge is 0.257 e. The van der Waals surface area contributed by atoms with Gasteiger partial charge in [0.05, 0.1) is 23.0 Å². The summed E-state index contributed by atoms with van der Waals surface area (Å²) in [6.07, 6.45) is 6.72. The second-order valence-electron chi connectivity index (χ2n) is 8.56. The molecule has 1 aliphatic rings. The first-order valence-corrected chi connectivity index (χ1v) is 11.1. The zero-order chi connectivity index (χ0) is 23.4. The first-order chi connectivity index (χ1) is 15.9. The lowest BCUT2D eigenvalue weighted by Crippen LogP contribution is -2.19. The quantitative estimate of drug-likeness (QED) is 0.523. The number of benzene rings is 1. The topological polar surface area (TPSA) is 115 Å². The highest BCUT2D eigenvalue weighted by atomic mass is 16.5. The Morgan fingerprint density at radius 2 is 2.03 bits per heavy atom. The summed E-state index contributed by atoms with van der Waals surface area (Å²) in [5, 5.41) is 10.7. The molecular weight excluding hydrogens is 422 g/mol. The molecule has 1 aromatic carbocycles. The normalized spacial score (nSPS) is 16.0. The van der Waals surface area contributed by atoms with Gasteiger partial charge < -0.3 is 15.4 Å². The average molecular weight is 450 g/mol. The molecule has 0 saturated carbocycles. The average Bonchev–Trinajstić information content (AvgIpc) is 3.17. The number of hydrogen-bond donors (Lipinski definition) is 2. The summed E-state index contributed by atoms with van der Waals surface area (Å²) in [6, 6.07) is 6.89. The number of amides is 2. The third-order valence-corrected chi connectivity index (χ3v) is 5.41. The van der Waals surface area contributed by atoms with Crippen LogP contribution in [0.25, 0.3) is 10.9 Å². The standard InChI is InChI=1S/C24H27N5O4/c1-15(2)9-22(31)26-18-10-16(12-25-13-18)24(32)27-17-6-7-21-19(11-17)20(14-30)28-29(21)23-5-3-4-8-33-23/h6-7,10-15,23H,3-5,8-9H2,1-2H3,(H,26,31)(H,27,32). The van der Waals surface area contributed by atoms with Crippen LogP contribution in [0.3, 0.4) is 0 Å². The zero-order valence-electron chi connectivity index (χ0n) is 18.7. The molecular formula is C24H27N5O4. The van der Waals surface area contributed by atoms with Crippen molar-refractivity contribution in [3.63, 3.8) is 0 Å². The summed E-state index contributed by atoms with van der Waals surface area (Å²) in [5.41, 5.74) is 2.36. The van der Waals surface area contributed by atoms with Gasteiger partial charge in [0.25, 0.3) is 5.91 Å². The Balaban J connectivity index is 1.53. The number of ether oxygens (including phenoxy) is 1. The highest BCUT2D eigenvalue weighted by molar-refractivity contribution is 6.06. The molecule has 0 aliphatic carbocycles. The van der Waals surface area contributed by atoms with E-state index in [9.17, 15) is 14.4 Å². The number of pyridine rings is 1. The Morgan fingerprint density at radius 1 is 1.18 bits per heavy atom. The molecule has 2 amide bonds. The van der Waals surface area contributed by atoms with E-state index < -0.39 is 0 Å². The largest absolute Gasteiger partial charge is 0.356 e. The predicted molar refractivity (Wildman–Crippen MR) is 124 cm³/mol. The van der Waals surface area contributed by atoms with E-state index in [0.29, 0.717) is 47.3 Å². The van der Waals surface area contributed by atoms with Crippen molar-refractivity contribution < 1.29 is 19.1 Å². The summed E-state index contributed by atoms with van der Waals surface area (Å²) in [5.74, 6) is -0.280. The monoisotopic (exact) mass is 449 g/mol. The highest BCUT2D eigenvalue weighted by Gasteiger charge is 2.21. The van der Waals surface area contributed by atoms with E-state index in [2.05, 4.69) is 20.7 Å². The van der Waals surface area contributed by atoms with E-state index in [4.69, 9.17) is 4.74 Å². The maximum Gasteiger partial charge on any atom is 0.257 e. The van der Waals surface area contributed by atoms with Gasteiger partial charge in [0.1, 0.15) is 5.69 Å². The van der Waals surface area contributed by atoms with Crippen molar-refractivity contribution >= 4 is 40.4 Å². The summed E-state index contributed by atoms with van der Waals surface area (Å²) in [6.45, 7) is 4.59. The molecule has 3 aromatic rings. The van der Waals surface area contributed by atoms with E-state index in [1.165, 1.54) is 12.4 Å². The predicted octanol–water partition coefficient (Wildman–Crippen LogP) is 4.18.